The van der Waals surface area contributed by atoms with Crippen molar-refractivity contribution >= 4 is 39.1 Å². The molecule has 0 aliphatic rings. The molecule has 4 heteroatoms. The summed E-state index contributed by atoms with van der Waals surface area (Å²) in [5, 5.41) is 0.734. The van der Waals surface area contributed by atoms with Crippen molar-refractivity contribution in [2.24, 2.45) is 0 Å². The van der Waals surface area contributed by atoms with Crippen LogP contribution in [0.15, 0.2) is 10.5 Å². The van der Waals surface area contributed by atoms with Crippen molar-refractivity contribution in [3.63, 3.8) is 0 Å². The summed E-state index contributed by atoms with van der Waals surface area (Å²) in [5.74, 6) is 1.38. The highest BCUT2D eigenvalue weighted by Crippen LogP contribution is 2.36. The minimum Gasteiger partial charge on any atom is -0.495 e. The monoisotopic (exact) mass is 296 g/mol. The Labute approximate surface area is 102 Å². The van der Waals surface area contributed by atoms with Gasteiger partial charge in [-0.05, 0) is 46.5 Å². The quantitative estimate of drug-likeness (QED) is 0.760. The summed E-state index contributed by atoms with van der Waals surface area (Å²) in [7, 11) is 1.64. The van der Waals surface area contributed by atoms with E-state index in [1.54, 1.807) is 7.11 Å². The number of hydrogen-bond acceptors (Lipinski definition) is 1. The van der Waals surface area contributed by atoms with Gasteiger partial charge in [-0.3, -0.25) is 0 Å². The molecular weight excluding hydrogens is 287 g/mol. The van der Waals surface area contributed by atoms with E-state index in [1.165, 1.54) is 0 Å². The average molecular weight is 298 g/mol. The molecule has 0 bridgehead atoms. The Bertz CT molecular complexity index is 339. The van der Waals surface area contributed by atoms with Gasteiger partial charge in [-0.15, -0.1) is 11.6 Å². The predicted octanol–water partition coefficient (Wildman–Crippen LogP) is 4.20. The van der Waals surface area contributed by atoms with E-state index < -0.39 is 0 Å². The molecule has 1 rings (SSSR count). The molecule has 78 valence electrons. The molecule has 0 spiro atoms. The molecule has 1 aromatic rings. The van der Waals surface area contributed by atoms with Gasteiger partial charge in [-0.2, -0.15) is 0 Å². The summed E-state index contributed by atoms with van der Waals surface area (Å²) in [6.07, 6.45) is 0.753. The van der Waals surface area contributed by atoms with Crippen molar-refractivity contribution in [1.29, 1.82) is 0 Å². The Morgan fingerprint density at radius 1 is 1.50 bits per heavy atom. The Morgan fingerprint density at radius 2 is 2.14 bits per heavy atom. The molecule has 0 saturated carbocycles. The molecule has 0 saturated heterocycles. The van der Waals surface area contributed by atoms with E-state index in [0.29, 0.717) is 5.88 Å². The maximum atomic E-state index is 6.06. The Kier molecular flexibility index (Phi) is 4.55. The molecule has 14 heavy (non-hydrogen) atoms. The molecule has 0 radical (unpaired) electrons. The molecule has 0 unspecified atom stereocenters. The van der Waals surface area contributed by atoms with Gasteiger partial charge in [-0.25, -0.2) is 0 Å². The minimum absolute atomic E-state index is 0.558. The van der Waals surface area contributed by atoms with Gasteiger partial charge < -0.3 is 4.74 Å². The summed E-state index contributed by atoms with van der Waals surface area (Å²) in [5.41, 5.74) is 2.02. The second-order valence-electron chi connectivity index (χ2n) is 2.93. The van der Waals surface area contributed by atoms with Gasteiger partial charge in [-0.1, -0.05) is 11.6 Å². The van der Waals surface area contributed by atoms with Crippen LogP contribution in [0.5, 0.6) is 5.75 Å². The molecule has 0 aliphatic carbocycles. The molecular formula is C10H11BrCl2O. The highest BCUT2D eigenvalue weighted by Gasteiger charge is 2.12. The minimum atomic E-state index is 0.558. The highest BCUT2D eigenvalue weighted by atomic mass is 79.9. The number of halogens is 3. The normalized spacial score (nSPS) is 10.4. The van der Waals surface area contributed by atoms with Crippen LogP contribution >= 0.6 is 39.1 Å². The fourth-order valence-corrected chi connectivity index (χ4v) is 2.43. The van der Waals surface area contributed by atoms with E-state index >= 15 is 0 Å². The molecule has 1 aromatic carbocycles. The predicted molar refractivity (Wildman–Crippen MR) is 64.9 cm³/mol. The number of ether oxygens (including phenoxy) is 1. The number of rotatable bonds is 3. The lowest BCUT2D eigenvalue weighted by Gasteiger charge is -2.12. The zero-order valence-corrected chi connectivity index (χ0v) is 11.1. The third kappa shape index (κ3) is 2.36. The molecule has 0 N–H and O–H groups in total. The van der Waals surface area contributed by atoms with Gasteiger partial charge in [0.2, 0.25) is 0 Å². The van der Waals surface area contributed by atoms with Gasteiger partial charge in [0.1, 0.15) is 5.75 Å². The number of aryl methyl sites for hydroxylation is 1. The number of hydrogen-bond donors (Lipinski definition) is 0. The molecule has 1 nitrogen and oxygen atoms in total. The van der Waals surface area contributed by atoms with E-state index in [-0.39, 0.29) is 0 Å². The van der Waals surface area contributed by atoms with Crippen molar-refractivity contribution in [3.05, 3.63) is 26.7 Å². The lowest BCUT2D eigenvalue weighted by Crippen LogP contribution is -1.96. The average Bonchev–Trinajstić information content (AvgIpc) is 2.16. The largest absolute Gasteiger partial charge is 0.495 e. The zero-order chi connectivity index (χ0) is 10.7. The summed E-state index contributed by atoms with van der Waals surface area (Å²) in [6.45, 7) is 1.94. The van der Waals surface area contributed by atoms with Crippen LogP contribution in [0.1, 0.15) is 11.1 Å². The summed E-state index contributed by atoms with van der Waals surface area (Å²) < 4.78 is 6.21. The third-order valence-electron chi connectivity index (χ3n) is 2.05. The SMILES string of the molecule is COc1c(CCCl)cc(Cl)c(C)c1Br. The van der Waals surface area contributed by atoms with Crippen LogP contribution in [-0.2, 0) is 6.42 Å². The standard InChI is InChI=1S/C10H11BrCl2O/c1-6-8(13)5-7(3-4-12)10(14-2)9(6)11/h5H,3-4H2,1-2H3. The molecule has 0 fully saturated rings. The summed E-state index contributed by atoms with van der Waals surface area (Å²) in [6, 6.07) is 1.91. The van der Waals surface area contributed by atoms with Gasteiger partial charge in [0.15, 0.2) is 0 Å². The van der Waals surface area contributed by atoms with Gasteiger partial charge in [0.25, 0.3) is 0 Å². The van der Waals surface area contributed by atoms with Crippen molar-refractivity contribution in [2.75, 3.05) is 13.0 Å². The fourth-order valence-electron chi connectivity index (χ4n) is 1.25. The van der Waals surface area contributed by atoms with Crippen molar-refractivity contribution in [2.45, 2.75) is 13.3 Å². The van der Waals surface area contributed by atoms with Crippen molar-refractivity contribution < 1.29 is 4.74 Å². The zero-order valence-electron chi connectivity index (χ0n) is 8.03. The Balaban J connectivity index is 3.28. The highest BCUT2D eigenvalue weighted by molar-refractivity contribution is 9.10. The second-order valence-corrected chi connectivity index (χ2v) is 4.51. The summed E-state index contributed by atoms with van der Waals surface area (Å²) >= 11 is 15.2. The Morgan fingerprint density at radius 3 is 2.64 bits per heavy atom. The first-order chi connectivity index (χ1) is 6.61. The van der Waals surface area contributed by atoms with Crippen LogP contribution in [0.25, 0.3) is 0 Å². The van der Waals surface area contributed by atoms with E-state index in [1.807, 2.05) is 13.0 Å². The van der Waals surface area contributed by atoms with E-state index in [9.17, 15) is 0 Å². The van der Waals surface area contributed by atoms with Gasteiger partial charge >= 0.3 is 0 Å². The topological polar surface area (TPSA) is 9.23 Å². The van der Waals surface area contributed by atoms with Crippen molar-refractivity contribution in [1.82, 2.24) is 0 Å². The van der Waals surface area contributed by atoms with Crippen LogP contribution in [0, 0.1) is 6.92 Å². The lowest BCUT2D eigenvalue weighted by molar-refractivity contribution is 0.407. The molecule has 0 atom stereocenters. The fraction of sp³-hybridized carbons (Fsp3) is 0.400. The van der Waals surface area contributed by atoms with Crippen LogP contribution in [0.2, 0.25) is 5.02 Å². The maximum absolute atomic E-state index is 6.06. The number of alkyl halides is 1. The molecule has 0 amide bonds. The van der Waals surface area contributed by atoms with E-state index in [4.69, 9.17) is 27.9 Å². The van der Waals surface area contributed by atoms with Gasteiger partial charge in [0.05, 0.1) is 11.6 Å². The molecule has 0 heterocycles. The van der Waals surface area contributed by atoms with E-state index in [0.717, 1.165) is 32.8 Å². The van der Waals surface area contributed by atoms with E-state index in [2.05, 4.69) is 15.9 Å². The first-order valence-electron chi connectivity index (χ1n) is 4.19. The first kappa shape index (κ1) is 12.2. The summed E-state index contributed by atoms with van der Waals surface area (Å²) in [4.78, 5) is 0. The second kappa shape index (κ2) is 5.24. The first-order valence-corrected chi connectivity index (χ1v) is 5.89. The van der Waals surface area contributed by atoms with Crippen LogP contribution < -0.4 is 4.74 Å². The molecule has 0 aromatic heterocycles. The number of benzene rings is 1. The number of methoxy groups -OCH3 is 1. The van der Waals surface area contributed by atoms with Crippen molar-refractivity contribution in [3.8, 4) is 5.75 Å². The lowest BCUT2D eigenvalue weighted by atomic mass is 10.1. The maximum Gasteiger partial charge on any atom is 0.136 e. The third-order valence-corrected chi connectivity index (χ3v) is 3.58. The van der Waals surface area contributed by atoms with Crippen LogP contribution in [0.4, 0.5) is 0 Å². The van der Waals surface area contributed by atoms with Crippen LogP contribution in [-0.4, -0.2) is 13.0 Å². The Hall–Kier alpha value is 0.0800. The van der Waals surface area contributed by atoms with Gasteiger partial charge in [0, 0.05) is 10.9 Å². The van der Waals surface area contributed by atoms with Crippen LogP contribution in [0.3, 0.4) is 0 Å². The molecule has 0 aliphatic heterocycles. The smallest absolute Gasteiger partial charge is 0.136 e.